The molecule has 0 aliphatic carbocycles. The van der Waals surface area contributed by atoms with Gasteiger partial charge < -0.3 is 10.6 Å². The van der Waals surface area contributed by atoms with Gasteiger partial charge in [0.2, 0.25) is 11.8 Å². The zero-order valence-corrected chi connectivity index (χ0v) is 12.7. The lowest BCUT2D eigenvalue weighted by molar-refractivity contribution is -0.126. The molecule has 0 aliphatic rings. The number of anilines is 1. The zero-order chi connectivity index (χ0) is 16.8. The second kappa shape index (κ2) is 7.69. The van der Waals surface area contributed by atoms with Crippen LogP contribution in [-0.4, -0.2) is 11.8 Å². The van der Waals surface area contributed by atoms with E-state index >= 15 is 0 Å². The van der Waals surface area contributed by atoms with E-state index in [0.717, 1.165) is 17.7 Å². The molecule has 2 aromatic carbocycles. The van der Waals surface area contributed by atoms with Crippen molar-refractivity contribution in [3.05, 3.63) is 64.7 Å². The quantitative estimate of drug-likeness (QED) is 0.822. The molecule has 0 saturated heterocycles. The minimum atomic E-state index is -0.903. The molecule has 0 unspecified atom stereocenters. The van der Waals surface area contributed by atoms with Gasteiger partial charge in [-0.15, -0.1) is 0 Å². The number of benzene rings is 2. The van der Waals surface area contributed by atoms with Crippen LogP contribution >= 0.6 is 11.6 Å². The Morgan fingerprint density at radius 1 is 1.00 bits per heavy atom. The first kappa shape index (κ1) is 16.9. The van der Waals surface area contributed by atoms with E-state index in [9.17, 15) is 18.4 Å². The summed E-state index contributed by atoms with van der Waals surface area (Å²) in [7, 11) is 0. The van der Waals surface area contributed by atoms with Gasteiger partial charge in [-0.05, 0) is 29.8 Å². The van der Waals surface area contributed by atoms with Crippen molar-refractivity contribution in [1.82, 2.24) is 5.32 Å². The highest BCUT2D eigenvalue weighted by atomic mass is 35.5. The SMILES string of the molecule is O=C(CC(=O)Nc1ccc(F)cc1F)NCc1ccc(Cl)cc1. The van der Waals surface area contributed by atoms with Crippen molar-refractivity contribution in [1.29, 1.82) is 0 Å². The third-order valence-electron chi connectivity index (χ3n) is 2.93. The summed E-state index contributed by atoms with van der Waals surface area (Å²) >= 11 is 5.75. The van der Waals surface area contributed by atoms with Crippen molar-refractivity contribution in [3.63, 3.8) is 0 Å². The van der Waals surface area contributed by atoms with E-state index in [-0.39, 0.29) is 12.2 Å². The van der Waals surface area contributed by atoms with Gasteiger partial charge in [0.25, 0.3) is 0 Å². The summed E-state index contributed by atoms with van der Waals surface area (Å²) in [5, 5.41) is 5.36. The standard InChI is InChI=1S/C16H13ClF2N2O2/c17-11-3-1-10(2-4-11)9-20-15(22)8-16(23)21-14-6-5-12(18)7-13(14)19/h1-7H,8-9H2,(H,20,22)(H,21,23). The van der Waals surface area contributed by atoms with Gasteiger partial charge in [-0.2, -0.15) is 0 Å². The Morgan fingerprint density at radius 3 is 2.35 bits per heavy atom. The fourth-order valence-corrected chi connectivity index (χ4v) is 1.92. The first-order valence-corrected chi connectivity index (χ1v) is 7.08. The van der Waals surface area contributed by atoms with E-state index in [1.54, 1.807) is 24.3 Å². The highest BCUT2D eigenvalue weighted by Crippen LogP contribution is 2.15. The van der Waals surface area contributed by atoms with E-state index < -0.39 is 29.9 Å². The largest absolute Gasteiger partial charge is 0.352 e. The number of rotatable bonds is 5. The van der Waals surface area contributed by atoms with Crippen LogP contribution in [0.5, 0.6) is 0 Å². The molecule has 2 aromatic rings. The lowest BCUT2D eigenvalue weighted by atomic mass is 10.2. The molecule has 2 rings (SSSR count). The predicted octanol–water partition coefficient (Wildman–Crippen LogP) is 3.26. The highest BCUT2D eigenvalue weighted by molar-refractivity contribution is 6.30. The van der Waals surface area contributed by atoms with Crippen molar-refractivity contribution in [2.24, 2.45) is 0 Å². The van der Waals surface area contributed by atoms with Crippen molar-refractivity contribution in [2.75, 3.05) is 5.32 Å². The molecule has 0 saturated carbocycles. The van der Waals surface area contributed by atoms with Crippen LogP contribution < -0.4 is 10.6 Å². The molecule has 0 heterocycles. The molecule has 0 aromatic heterocycles. The van der Waals surface area contributed by atoms with Gasteiger partial charge in [-0.1, -0.05) is 23.7 Å². The van der Waals surface area contributed by atoms with E-state index in [4.69, 9.17) is 11.6 Å². The van der Waals surface area contributed by atoms with Crippen LogP contribution in [0.3, 0.4) is 0 Å². The summed E-state index contributed by atoms with van der Waals surface area (Å²) in [5.74, 6) is -2.86. The average molecular weight is 339 g/mol. The minimum Gasteiger partial charge on any atom is -0.352 e. The maximum Gasteiger partial charge on any atom is 0.233 e. The molecule has 4 nitrogen and oxygen atoms in total. The predicted molar refractivity (Wildman–Crippen MR) is 82.9 cm³/mol. The molecule has 0 aliphatic heterocycles. The molecule has 2 amide bonds. The Labute approximate surface area is 136 Å². The van der Waals surface area contributed by atoms with Crippen molar-refractivity contribution in [3.8, 4) is 0 Å². The first-order valence-electron chi connectivity index (χ1n) is 6.70. The van der Waals surface area contributed by atoms with Crippen LogP contribution in [-0.2, 0) is 16.1 Å². The maximum atomic E-state index is 13.4. The van der Waals surface area contributed by atoms with Crippen LogP contribution in [0.25, 0.3) is 0 Å². The van der Waals surface area contributed by atoms with Crippen molar-refractivity contribution < 1.29 is 18.4 Å². The molecule has 0 bridgehead atoms. The van der Waals surface area contributed by atoms with Gasteiger partial charge in [-0.25, -0.2) is 8.78 Å². The number of nitrogens with one attached hydrogen (secondary N) is 2. The molecule has 120 valence electrons. The third-order valence-corrected chi connectivity index (χ3v) is 3.18. The first-order chi connectivity index (χ1) is 10.9. The lowest BCUT2D eigenvalue weighted by Gasteiger charge is -2.07. The lowest BCUT2D eigenvalue weighted by Crippen LogP contribution is -2.27. The highest BCUT2D eigenvalue weighted by Gasteiger charge is 2.12. The number of carbonyl (C=O) groups excluding carboxylic acids is 2. The van der Waals surface area contributed by atoms with E-state index in [0.29, 0.717) is 11.1 Å². The molecular weight excluding hydrogens is 326 g/mol. The number of amides is 2. The molecule has 0 spiro atoms. The van der Waals surface area contributed by atoms with Gasteiger partial charge in [-0.3, -0.25) is 9.59 Å². The smallest absolute Gasteiger partial charge is 0.233 e. The van der Waals surface area contributed by atoms with Crippen molar-refractivity contribution in [2.45, 2.75) is 13.0 Å². The monoisotopic (exact) mass is 338 g/mol. The number of carbonyl (C=O) groups is 2. The summed E-state index contributed by atoms with van der Waals surface area (Å²) in [4.78, 5) is 23.3. The van der Waals surface area contributed by atoms with Gasteiger partial charge >= 0.3 is 0 Å². The zero-order valence-electron chi connectivity index (χ0n) is 11.9. The van der Waals surface area contributed by atoms with E-state index in [1.165, 1.54) is 0 Å². The summed E-state index contributed by atoms with van der Waals surface area (Å²) in [6.45, 7) is 0.244. The Kier molecular flexibility index (Phi) is 5.65. The van der Waals surface area contributed by atoms with Gasteiger partial charge in [0.1, 0.15) is 18.1 Å². The summed E-state index contributed by atoms with van der Waals surface area (Å²) in [5.41, 5.74) is 0.648. The topological polar surface area (TPSA) is 58.2 Å². The Hall–Kier alpha value is -2.47. The van der Waals surface area contributed by atoms with Crippen molar-refractivity contribution >= 4 is 29.1 Å². The maximum absolute atomic E-state index is 13.4. The van der Waals surface area contributed by atoms with Crippen LogP contribution in [0.15, 0.2) is 42.5 Å². The number of halogens is 3. The van der Waals surface area contributed by atoms with Crippen LogP contribution in [0.2, 0.25) is 5.02 Å². The molecule has 23 heavy (non-hydrogen) atoms. The average Bonchev–Trinajstić information content (AvgIpc) is 2.49. The molecule has 0 atom stereocenters. The molecule has 0 fully saturated rings. The van der Waals surface area contributed by atoms with Gasteiger partial charge in [0, 0.05) is 17.6 Å². The minimum absolute atomic E-state index is 0.179. The molecular formula is C16H13ClF2N2O2. The summed E-state index contributed by atoms with van der Waals surface area (Å²) in [6.07, 6.45) is -0.468. The molecule has 2 N–H and O–H groups in total. The molecule has 7 heteroatoms. The Morgan fingerprint density at radius 2 is 1.70 bits per heavy atom. The fraction of sp³-hybridized carbons (Fsp3) is 0.125. The third kappa shape index (κ3) is 5.34. The van der Waals surface area contributed by atoms with E-state index in [2.05, 4.69) is 10.6 Å². The number of hydrogen-bond acceptors (Lipinski definition) is 2. The second-order valence-corrected chi connectivity index (χ2v) is 5.19. The Balaban J connectivity index is 1.82. The normalized spacial score (nSPS) is 10.2. The van der Waals surface area contributed by atoms with E-state index in [1.807, 2.05) is 0 Å². The van der Waals surface area contributed by atoms with Crippen LogP contribution in [0.4, 0.5) is 14.5 Å². The fourth-order valence-electron chi connectivity index (χ4n) is 1.80. The van der Waals surface area contributed by atoms with Gasteiger partial charge in [0.15, 0.2) is 0 Å². The van der Waals surface area contributed by atoms with Crippen LogP contribution in [0, 0.1) is 11.6 Å². The van der Waals surface area contributed by atoms with Gasteiger partial charge in [0.05, 0.1) is 5.69 Å². The summed E-state index contributed by atoms with van der Waals surface area (Å²) < 4.78 is 26.1. The van der Waals surface area contributed by atoms with Crippen LogP contribution in [0.1, 0.15) is 12.0 Å². The number of hydrogen-bond donors (Lipinski definition) is 2. The molecule has 0 radical (unpaired) electrons. The second-order valence-electron chi connectivity index (χ2n) is 4.75. The Bertz CT molecular complexity index is 721. The summed E-state index contributed by atoms with van der Waals surface area (Å²) in [6, 6.07) is 9.62.